The molecule has 4 heteroatoms. The zero-order chi connectivity index (χ0) is 13.3. The van der Waals surface area contributed by atoms with Crippen LogP contribution in [0.3, 0.4) is 0 Å². The molecule has 1 unspecified atom stereocenters. The topological polar surface area (TPSA) is 15.3 Å². The summed E-state index contributed by atoms with van der Waals surface area (Å²) >= 11 is 3.92. The maximum atomic E-state index is 3.77. The fraction of sp³-hybridized carbons (Fsp3) is 0.714. The Morgan fingerprint density at radius 1 is 1.44 bits per heavy atom. The third-order valence-electron chi connectivity index (χ3n) is 3.90. The van der Waals surface area contributed by atoms with Gasteiger partial charge in [-0.1, -0.05) is 6.92 Å². The molecule has 0 aliphatic carbocycles. The molecular weight excluding hydrogens is 260 g/mol. The van der Waals surface area contributed by atoms with Crippen molar-refractivity contribution < 1.29 is 0 Å². The Balaban J connectivity index is 2.03. The molecule has 0 amide bonds. The standard InChI is InChI=1S/C14H24N2S2/c1-10-8-12(11-6-7-17-13(11)18-10)15-9-14(2,3)16(4)5/h6-7,10,12,15H,8-9H2,1-5H3/t10-,12?/m0/s1. The molecule has 2 atom stereocenters. The molecule has 1 aliphatic rings. The number of rotatable bonds is 4. The number of thiophene rings is 1. The van der Waals surface area contributed by atoms with Gasteiger partial charge >= 0.3 is 0 Å². The average molecular weight is 284 g/mol. The normalized spacial score (nSPS) is 24.3. The lowest BCUT2D eigenvalue weighted by molar-refractivity contribution is 0.183. The largest absolute Gasteiger partial charge is 0.308 e. The van der Waals surface area contributed by atoms with E-state index in [1.807, 2.05) is 23.1 Å². The number of likely N-dealkylation sites (N-methyl/N-ethyl adjacent to an activating group) is 1. The summed E-state index contributed by atoms with van der Waals surface area (Å²) in [6, 6.07) is 2.82. The highest BCUT2D eigenvalue weighted by atomic mass is 32.2. The van der Waals surface area contributed by atoms with Gasteiger partial charge in [0.15, 0.2) is 0 Å². The Hall–Kier alpha value is -0.0300. The number of thioether (sulfide) groups is 1. The van der Waals surface area contributed by atoms with Crippen LogP contribution in [0.5, 0.6) is 0 Å². The lowest BCUT2D eigenvalue weighted by atomic mass is 10.0. The second-order valence-electron chi connectivity index (χ2n) is 5.97. The van der Waals surface area contributed by atoms with Crippen LogP contribution in [0.1, 0.15) is 38.8 Å². The molecule has 0 saturated carbocycles. The van der Waals surface area contributed by atoms with Crippen LogP contribution in [0.2, 0.25) is 0 Å². The Bertz CT molecular complexity index is 398. The van der Waals surface area contributed by atoms with E-state index in [-0.39, 0.29) is 5.54 Å². The zero-order valence-electron chi connectivity index (χ0n) is 12.0. The van der Waals surface area contributed by atoms with Crippen molar-refractivity contribution in [3.63, 3.8) is 0 Å². The third-order valence-corrected chi connectivity index (χ3v) is 6.25. The fourth-order valence-corrected chi connectivity index (χ4v) is 4.64. The molecule has 1 aromatic heterocycles. The van der Waals surface area contributed by atoms with Crippen LogP contribution in [0.25, 0.3) is 0 Å². The van der Waals surface area contributed by atoms with Gasteiger partial charge in [0.25, 0.3) is 0 Å². The molecule has 18 heavy (non-hydrogen) atoms. The van der Waals surface area contributed by atoms with Gasteiger partial charge in [-0.15, -0.1) is 23.1 Å². The lowest BCUT2D eigenvalue weighted by Gasteiger charge is -2.36. The van der Waals surface area contributed by atoms with Crippen LogP contribution in [-0.4, -0.2) is 36.3 Å². The van der Waals surface area contributed by atoms with Crippen LogP contribution in [0.15, 0.2) is 15.7 Å². The fourth-order valence-electron chi connectivity index (χ4n) is 2.07. The van der Waals surface area contributed by atoms with Gasteiger partial charge in [0.05, 0.1) is 4.21 Å². The Morgan fingerprint density at radius 2 is 2.17 bits per heavy atom. The van der Waals surface area contributed by atoms with E-state index in [1.54, 1.807) is 0 Å². The van der Waals surface area contributed by atoms with Crippen LogP contribution in [0, 0.1) is 0 Å². The highest BCUT2D eigenvalue weighted by Crippen LogP contribution is 2.43. The van der Waals surface area contributed by atoms with Crippen molar-refractivity contribution in [3.8, 4) is 0 Å². The van der Waals surface area contributed by atoms with Crippen LogP contribution in [0.4, 0.5) is 0 Å². The van der Waals surface area contributed by atoms with Crippen LogP contribution in [-0.2, 0) is 0 Å². The molecule has 2 heterocycles. The molecular formula is C14H24N2S2. The van der Waals surface area contributed by atoms with E-state index in [0.29, 0.717) is 6.04 Å². The van der Waals surface area contributed by atoms with Gasteiger partial charge in [0, 0.05) is 23.4 Å². The summed E-state index contributed by atoms with van der Waals surface area (Å²) in [6.07, 6.45) is 1.23. The molecule has 1 aliphatic heterocycles. The van der Waals surface area contributed by atoms with Crippen LogP contribution >= 0.6 is 23.1 Å². The monoisotopic (exact) mass is 284 g/mol. The van der Waals surface area contributed by atoms with Gasteiger partial charge in [-0.2, -0.15) is 0 Å². The van der Waals surface area contributed by atoms with Crippen molar-refractivity contribution >= 4 is 23.1 Å². The van der Waals surface area contributed by atoms with Crippen molar-refractivity contribution in [2.75, 3.05) is 20.6 Å². The first-order valence-electron chi connectivity index (χ1n) is 6.55. The molecule has 0 bridgehead atoms. The van der Waals surface area contributed by atoms with Crippen molar-refractivity contribution in [1.82, 2.24) is 10.2 Å². The van der Waals surface area contributed by atoms with Gasteiger partial charge in [0.2, 0.25) is 0 Å². The highest BCUT2D eigenvalue weighted by molar-refractivity contribution is 8.01. The second kappa shape index (κ2) is 5.53. The van der Waals surface area contributed by atoms with E-state index in [9.17, 15) is 0 Å². The summed E-state index contributed by atoms with van der Waals surface area (Å²) in [5.41, 5.74) is 1.71. The van der Waals surface area contributed by atoms with E-state index in [1.165, 1.54) is 16.2 Å². The van der Waals surface area contributed by atoms with Crippen molar-refractivity contribution in [2.24, 2.45) is 0 Å². The minimum Gasteiger partial charge on any atom is -0.308 e. The van der Waals surface area contributed by atoms with Crippen molar-refractivity contribution in [2.45, 2.75) is 48.2 Å². The maximum Gasteiger partial charge on any atom is 0.0649 e. The molecule has 2 nitrogen and oxygen atoms in total. The SMILES string of the molecule is C[C@H]1CC(NCC(C)(C)N(C)C)c2ccsc2S1. The molecule has 1 aromatic rings. The first kappa shape index (κ1) is 14.4. The minimum absolute atomic E-state index is 0.198. The van der Waals surface area contributed by atoms with E-state index < -0.39 is 0 Å². The highest BCUT2D eigenvalue weighted by Gasteiger charge is 2.28. The Labute approximate surface area is 119 Å². The quantitative estimate of drug-likeness (QED) is 0.909. The molecule has 0 aromatic carbocycles. The summed E-state index contributed by atoms with van der Waals surface area (Å²) in [5, 5.41) is 6.71. The second-order valence-corrected chi connectivity index (χ2v) is 8.59. The predicted octanol–water partition coefficient (Wildman–Crippen LogP) is 3.60. The Morgan fingerprint density at radius 3 is 2.83 bits per heavy atom. The number of hydrogen-bond acceptors (Lipinski definition) is 4. The van der Waals surface area contributed by atoms with Gasteiger partial charge in [-0.25, -0.2) is 0 Å². The van der Waals surface area contributed by atoms with E-state index in [2.05, 4.69) is 56.5 Å². The molecule has 0 spiro atoms. The predicted molar refractivity (Wildman–Crippen MR) is 82.8 cm³/mol. The van der Waals surface area contributed by atoms with Gasteiger partial charge < -0.3 is 10.2 Å². The summed E-state index contributed by atoms with van der Waals surface area (Å²) < 4.78 is 1.51. The molecule has 1 N–H and O–H groups in total. The molecule has 2 rings (SSSR count). The third kappa shape index (κ3) is 3.10. The summed E-state index contributed by atoms with van der Waals surface area (Å²) in [4.78, 5) is 2.29. The van der Waals surface area contributed by atoms with Crippen molar-refractivity contribution in [3.05, 3.63) is 17.0 Å². The number of nitrogens with zero attached hydrogens (tertiary/aromatic N) is 1. The smallest absolute Gasteiger partial charge is 0.0649 e. The lowest BCUT2D eigenvalue weighted by Crippen LogP contribution is -2.47. The first-order valence-corrected chi connectivity index (χ1v) is 8.31. The summed E-state index contributed by atoms with van der Waals surface area (Å²) in [7, 11) is 4.30. The van der Waals surface area contributed by atoms with Gasteiger partial charge in [-0.05, 0) is 51.4 Å². The van der Waals surface area contributed by atoms with Gasteiger partial charge in [0.1, 0.15) is 0 Å². The summed E-state index contributed by atoms with van der Waals surface area (Å²) in [6.45, 7) is 7.93. The van der Waals surface area contributed by atoms with E-state index in [0.717, 1.165) is 11.8 Å². The molecule has 0 fully saturated rings. The minimum atomic E-state index is 0.198. The van der Waals surface area contributed by atoms with E-state index in [4.69, 9.17) is 0 Å². The average Bonchev–Trinajstić information content (AvgIpc) is 2.73. The Kier molecular flexibility index (Phi) is 4.42. The van der Waals surface area contributed by atoms with E-state index >= 15 is 0 Å². The first-order chi connectivity index (χ1) is 8.40. The zero-order valence-corrected chi connectivity index (χ0v) is 13.6. The number of hydrogen-bond donors (Lipinski definition) is 1. The van der Waals surface area contributed by atoms with Crippen LogP contribution < -0.4 is 5.32 Å². The number of fused-ring (bicyclic) bond motifs is 1. The van der Waals surface area contributed by atoms with Crippen molar-refractivity contribution in [1.29, 1.82) is 0 Å². The number of nitrogens with one attached hydrogen (secondary N) is 1. The molecule has 0 radical (unpaired) electrons. The summed E-state index contributed by atoms with van der Waals surface area (Å²) in [5.74, 6) is 0. The van der Waals surface area contributed by atoms with Gasteiger partial charge in [-0.3, -0.25) is 0 Å². The molecule has 0 saturated heterocycles. The maximum absolute atomic E-state index is 3.77. The molecule has 102 valence electrons.